The largest absolute Gasteiger partial charge is 0.456 e. The van der Waals surface area contributed by atoms with E-state index in [9.17, 15) is 4.79 Å². The van der Waals surface area contributed by atoms with Crippen LogP contribution in [0.15, 0.2) is 72.4 Å². The van der Waals surface area contributed by atoms with Crippen LogP contribution in [0.4, 0.5) is 0 Å². The fourth-order valence-electron chi connectivity index (χ4n) is 5.72. The Labute approximate surface area is 263 Å². The minimum Gasteiger partial charge on any atom is -0.456 e. The molecule has 0 aromatic rings. The molecule has 7 atom stereocenters. The molecule has 0 aliphatic carbocycles. The number of carbonyl (C=O) groups is 1. The van der Waals surface area contributed by atoms with Crippen LogP contribution in [0.25, 0.3) is 0 Å². The minimum absolute atomic E-state index is 0.00637. The van der Waals surface area contributed by atoms with Crippen molar-refractivity contribution >= 4 is 14.3 Å². The van der Waals surface area contributed by atoms with Crippen LogP contribution in [0.3, 0.4) is 0 Å². The number of hydrogen-bond acceptors (Lipinski definition) is 5. The molecule has 6 heteroatoms. The van der Waals surface area contributed by atoms with E-state index < -0.39 is 14.4 Å². The van der Waals surface area contributed by atoms with Crippen LogP contribution >= 0.6 is 0 Å². The molecule has 0 saturated heterocycles. The van der Waals surface area contributed by atoms with Gasteiger partial charge in [-0.3, -0.25) is 0 Å². The lowest BCUT2D eigenvalue weighted by Gasteiger charge is -2.40. The molecule has 5 nitrogen and oxygen atoms in total. The van der Waals surface area contributed by atoms with Gasteiger partial charge in [0.2, 0.25) is 0 Å². The van der Waals surface area contributed by atoms with E-state index in [0.717, 1.165) is 32.1 Å². The summed E-state index contributed by atoms with van der Waals surface area (Å²) in [7, 11) is -2.20. The lowest BCUT2D eigenvalue weighted by atomic mass is 9.90. The summed E-state index contributed by atoms with van der Waals surface area (Å²) >= 11 is 0. The van der Waals surface area contributed by atoms with Crippen molar-refractivity contribution in [1.29, 1.82) is 0 Å². The molecule has 0 amide bonds. The summed E-state index contributed by atoms with van der Waals surface area (Å²) in [6.45, 7) is 22.9. The molecule has 240 valence electrons. The zero-order chi connectivity index (χ0) is 31.6. The lowest BCUT2D eigenvalue weighted by molar-refractivity contribution is -0.146. The zero-order valence-corrected chi connectivity index (χ0v) is 29.1. The van der Waals surface area contributed by atoms with Crippen molar-refractivity contribution in [3.63, 3.8) is 0 Å². The molecule has 3 aliphatic heterocycles. The highest BCUT2D eigenvalue weighted by atomic mass is 28.4. The van der Waals surface area contributed by atoms with Crippen LogP contribution in [0, 0.1) is 11.8 Å². The molecule has 0 unspecified atom stereocenters. The second-order valence-electron chi connectivity index (χ2n) is 14.6. The van der Waals surface area contributed by atoms with Crippen molar-refractivity contribution in [3.05, 3.63) is 72.4 Å². The van der Waals surface area contributed by atoms with Crippen molar-refractivity contribution in [2.45, 2.75) is 135 Å². The highest BCUT2D eigenvalue weighted by Gasteiger charge is 2.41. The van der Waals surface area contributed by atoms with E-state index in [1.807, 2.05) is 6.08 Å². The van der Waals surface area contributed by atoms with Crippen molar-refractivity contribution in [2.75, 3.05) is 6.61 Å². The number of esters is 1. The first-order chi connectivity index (χ1) is 20.2. The Hall–Kier alpha value is -1.99. The molecular formula is C37H58O5Si. The molecule has 0 aromatic heterocycles. The third-order valence-corrected chi connectivity index (χ3v) is 13.6. The smallest absolute Gasteiger partial charge is 0.330 e. The number of cyclic esters (lactones) is 1. The second-order valence-corrected chi connectivity index (χ2v) is 19.3. The third kappa shape index (κ3) is 12.1. The van der Waals surface area contributed by atoms with Gasteiger partial charge in [0, 0.05) is 12.5 Å². The van der Waals surface area contributed by atoms with E-state index in [4.69, 9.17) is 18.6 Å². The van der Waals surface area contributed by atoms with Gasteiger partial charge in [-0.1, -0.05) is 101 Å². The van der Waals surface area contributed by atoms with Crippen molar-refractivity contribution in [3.8, 4) is 0 Å². The molecule has 2 bridgehead atoms. The third-order valence-electron chi connectivity index (χ3n) is 9.14. The van der Waals surface area contributed by atoms with Crippen molar-refractivity contribution < 1.29 is 23.4 Å². The lowest BCUT2D eigenvalue weighted by Crippen LogP contribution is -2.47. The molecule has 43 heavy (non-hydrogen) atoms. The molecular weight excluding hydrogens is 552 g/mol. The van der Waals surface area contributed by atoms with Gasteiger partial charge in [-0.15, -0.1) is 0 Å². The molecule has 0 spiro atoms. The average molecular weight is 611 g/mol. The van der Waals surface area contributed by atoms with Crippen LogP contribution in [0.1, 0.15) is 86.5 Å². The highest BCUT2D eigenvalue weighted by Crippen LogP contribution is 2.38. The molecule has 3 rings (SSSR count). The van der Waals surface area contributed by atoms with Gasteiger partial charge in [0.1, 0.15) is 12.2 Å². The standard InChI is InChI=1S/C37H58O5Si/c1-27-13-10-17-34(35(42-43(8,9)37(5,6)7)20-19-32-25-28(2)21-22-39-32)41-36(38)18-12-15-31-14-11-16-33(40-31)26-30(4)24-29(3)23-27/h10-14,18-21,27,30-35H,3,15-17,22-26H2,1-2,4-9H3/b13-10+,18-12-,20-19+/t27-,30+,31+,32-,33+,34+,35-/m1/s1. The summed E-state index contributed by atoms with van der Waals surface area (Å²) in [6.07, 6.45) is 23.8. The number of fused-ring (bicyclic) bond motifs is 2. The number of hydrogen-bond donors (Lipinski definition) is 0. The van der Waals surface area contributed by atoms with Crippen LogP contribution in [0.5, 0.6) is 0 Å². The normalized spacial score (nSPS) is 32.8. The maximum atomic E-state index is 13.2. The Bertz CT molecular complexity index is 1080. The predicted octanol–water partition coefficient (Wildman–Crippen LogP) is 9.20. The van der Waals surface area contributed by atoms with Crippen LogP contribution < -0.4 is 0 Å². The fraction of sp³-hybridized carbons (Fsp3) is 0.649. The molecule has 0 radical (unpaired) electrons. The first-order valence-corrected chi connectivity index (χ1v) is 19.3. The number of rotatable bonds is 5. The SMILES string of the molecule is C=C1C[C@H](C)C[C@@H]2CC=C[C@@H](C/C=C\C(=O)O[C@H]([C@@H](/C=C/[C@@H]3CC(C)=CCO3)O[Si](C)(C)C(C)(C)C)C/C=C/[C@@H](C)C1)O2. The minimum atomic E-state index is -2.20. The molecule has 0 fully saturated rings. The van der Waals surface area contributed by atoms with Crippen LogP contribution in [0.2, 0.25) is 18.1 Å². The van der Waals surface area contributed by atoms with Gasteiger partial charge < -0.3 is 18.6 Å². The van der Waals surface area contributed by atoms with E-state index in [0.29, 0.717) is 31.3 Å². The van der Waals surface area contributed by atoms with Gasteiger partial charge >= 0.3 is 5.97 Å². The molecule has 0 saturated carbocycles. The maximum absolute atomic E-state index is 13.2. The van der Waals surface area contributed by atoms with E-state index in [2.05, 4.69) is 104 Å². The van der Waals surface area contributed by atoms with E-state index in [1.54, 1.807) is 6.08 Å². The molecule has 0 aromatic carbocycles. The number of ether oxygens (including phenoxy) is 3. The van der Waals surface area contributed by atoms with Gasteiger partial charge in [0.05, 0.1) is 24.9 Å². The Kier molecular flexibility index (Phi) is 13.5. The number of carbonyl (C=O) groups excluding carboxylic acids is 1. The van der Waals surface area contributed by atoms with Crippen molar-refractivity contribution in [1.82, 2.24) is 0 Å². The van der Waals surface area contributed by atoms with Crippen LogP contribution in [-0.2, 0) is 23.4 Å². The first-order valence-electron chi connectivity index (χ1n) is 16.4. The summed E-state index contributed by atoms with van der Waals surface area (Å²) < 4.78 is 25.5. The van der Waals surface area contributed by atoms with Gasteiger partial charge in [-0.25, -0.2) is 4.79 Å². The quantitative estimate of drug-likeness (QED) is 0.176. The predicted molar refractivity (Wildman–Crippen MR) is 180 cm³/mol. The molecule has 0 N–H and O–H groups in total. The average Bonchev–Trinajstić information content (AvgIpc) is 2.89. The topological polar surface area (TPSA) is 54.0 Å². The molecule has 3 heterocycles. The van der Waals surface area contributed by atoms with E-state index in [-0.39, 0.29) is 35.4 Å². The summed E-state index contributed by atoms with van der Waals surface area (Å²) in [6, 6.07) is 0. The van der Waals surface area contributed by atoms with Crippen molar-refractivity contribution in [2.24, 2.45) is 11.8 Å². The van der Waals surface area contributed by atoms with Crippen LogP contribution in [-0.4, -0.2) is 51.4 Å². The van der Waals surface area contributed by atoms with Gasteiger partial charge in [0.15, 0.2) is 8.32 Å². The van der Waals surface area contributed by atoms with Gasteiger partial charge in [0.25, 0.3) is 0 Å². The Morgan fingerprint density at radius 1 is 1.05 bits per heavy atom. The Morgan fingerprint density at radius 3 is 2.51 bits per heavy atom. The number of allylic oxidation sites excluding steroid dienone is 2. The van der Waals surface area contributed by atoms with E-state index in [1.165, 1.54) is 11.1 Å². The summed E-state index contributed by atoms with van der Waals surface area (Å²) in [5.41, 5.74) is 2.60. The Morgan fingerprint density at radius 2 is 1.79 bits per heavy atom. The first kappa shape index (κ1) is 35.5. The fourth-order valence-corrected chi connectivity index (χ4v) is 6.98. The summed E-state index contributed by atoms with van der Waals surface area (Å²) in [5, 5.41) is 0.00637. The monoisotopic (exact) mass is 610 g/mol. The summed E-state index contributed by atoms with van der Waals surface area (Å²) in [5.74, 6) is 0.506. The molecule has 3 aliphatic rings. The zero-order valence-electron chi connectivity index (χ0n) is 28.1. The van der Waals surface area contributed by atoms with E-state index >= 15 is 0 Å². The van der Waals surface area contributed by atoms with Gasteiger partial charge in [-0.2, -0.15) is 0 Å². The van der Waals surface area contributed by atoms with Gasteiger partial charge in [-0.05, 0) is 75.4 Å². The summed E-state index contributed by atoms with van der Waals surface area (Å²) in [4.78, 5) is 13.2. The Balaban J connectivity index is 1.89. The maximum Gasteiger partial charge on any atom is 0.330 e. The second kappa shape index (κ2) is 16.4. The highest BCUT2D eigenvalue weighted by molar-refractivity contribution is 6.74.